The van der Waals surface area contributed by atoms with Crippen LogP contribution < -0.4 is 4.74 Å². The van der Waals surface area contributed by atoms with Gasteiger partial charge in [-0.05, 0) is 43.0 Å². The van der Waals surface area contributed by atoms with Crippen LogP contribution in [0.15, 0.2) is 24.3 Å². The molecular formula is C15H11ClFNO3. The second-order valence-corrected chi connectivity index (χ2v) is 5.19. The molecule has 108 valence electrons. The van der Waals surface area contributed by atoms with Crippen molar-refractivity contribution in [2.24, 2.45) is 0 Å². The summed E-state index contributed by atoms with van der Waals surface area (Å²) in [6, 6.07) is 5.49. The smallest absolute Gasteiger partial charge is 0.341 e. The fourth-order valence-corrected chi connectivity index (χ4v) is 2.45. The van der Waals surface area contributed by atoms with E-state index in [9.17, 15) is 14.3 Å². The van der Waals surface area contributed by atoms with Crippen LogP contribution in [-0.4, -0.2) is 16.1 Å². The minimum Gasteiger partial charge on any atom is -0.477 e. The number of carboxylic acid groups (broad SMARTS) is 1. The standard InChI is InChI=1S/C15H11ClFNO3/c16-11-5-4-9(7-12(11)17)21-14-10(15(19)20)6-8-2-1-3-13(8)18-14/h4-7H,1-3H2,(H,19,20). The van der Waals surface area contributed by atoms with E-state index in [0.29, 0.717) is 0 Å². The Morgan fingerprint density at radius 3 is 2.86 bits per heavy atom. The van der Waals surface area contributed by atoms with Gasteiger partial charge < -0.3 is 9.84 Å². The molecule has 1 aliphatic rings. The number of rotatable bonds is 3. The molecule has 1 N–H and O–H groups in total. The Labute approximate surface area is 125 Å². The van der Waals surface area contributed by atoms with Crippen molar-refractivity contribution in [2.45, 2.75) is 19.3 Å². The SMILES string of the molecule is O=C(O)c1cc2c(nc1Oc1ccc(Cl)c(F)c1)CCC2. The number of hydrogen-bond donors (Lipinski definition) is 1. The van der Waals surface area contributed by atoms with Crippen LogP contribution >= 0.6 is 11.6 Å². The lowest BCUT2D eigenvalue weighted by Crippen LogP contribution is -2.05. The van der Waals surface area contributed by atoms with Gasteiger partial charge in [0.05, 0.1) is 5.02 Å². The Morgan fingerprint density at radius 1 is 1.33 bits per heavy atom. The molecule has 0 saturated heterocycles. The highest BCUT2D eigenvalue weighted by Crippen LogP contribution is 2.30. The first-order chi connectivity index (χ1) is 10.0. The van der Waals surface area contributed by atoms with Crippen molar-refractivity contribution in [1.82, 2.24) is 4.98 Å². The van der Waals surface area contributed by atoms with Gasteiger partial charge >= 0.3 is 5.97 Å². The van der Waals surface area contributed by atoms with Gasteiger partial charge in [-0.1, -0.05) is 11.6 Å². The summed E-state index contributed by atoms with van der Waals surface area (Å²) >= 11 is 5.60. The van der Waals surface area contributed by atoms with Gasteiger partial charge in [-0.25, -0.2) is 14.2 Å². The number of nitrogens with zero attached hydrogens (tertiary/aromatic N) is 1. The van der Waals surface area contributed by atoms with Crippen LogP contribution in [0, 0.1) is 5.82 Å². The number of aryl methyl sites for hydroxylation is 2. The van der Waals surface area contributed by atoms with Gasteiger partial charge in [0.2, 0.25) is 5.88 Å². The number of halogens is 2. The van der Waals surface area contributed by atoms with E-state index in [1.165, 1.54) is 12.1 Å². The molecule has 0 atom stereocenters. The molecule has 2 aromatic rings. The molecule has 0 aliphatic heterocycles. The van der Waals surface area contributed by atoms with E-state index < -0.39 is 11.8 Å². The highest BCUT2D eigenvalue weighted by Gasteiger charge is 2.21. The third-order valence-electron chi connectivity index (χ3n) is 3.35. The van der Waals surface area contributed by atoms with Crippen molar-refractivity contribution in [3.8, 4) is 11.6 Å². The molecule has 0 radical (unpaired) electrons. The Morgan fingerprint density at radius 2 is 2.14 bits per heavy atom. The number of carboxylic acids is 1. The van der Waals surface area contributed by atoms with Crippen molar-refractivity contribution < 1.29 is 19.0 Å². The monoisotopic (exact) mass is 307 g/mol. The zero-order chi connectivity index (χ0) is 15.0. The number of benzene rings is 1. The largest absolute Gasteiger partial charge is 0.477 e. The summed E-state index contributed by atoms with van der Waals surface area (Å²) in [5, 5.41) is 9.23. The van der Waals surface area contributed by atoms with E-state index in [4.69, 9.17) is 16.3 Å². The van der Waals surface area contributed by atoms with Crippen LogP contribution in [0.5, 0.6) is 11.6 Å². The fraction of sp³-hybridized carbons (Fsp3) is 0.200. The lowest BCUT2D eigenvalue weighted by atomic mass is 10.1. The second kappa shape index (κ2) is 5.33. The lowest BCUT2D eigenvalue weighted by Gasteiger charge is -2.10. The molecule has 0 fully saturated rings. The van der Waals surface area contributed by atoms with Crippen LogP contribution in [0.25, 0.3) is 0 Å². The average molecular weight is 308 g/mol. The molecule has 6 heteroatoms. The molecule has 1 aliphatic carbocycles. The summed E-state index contributed by atoms with van der Waals surface area (Å²) in [4.78, 5) is 15.6. The van der Waals surface area contributed by atoms with E-state index in [0.717, 1.165) is 36.6 Å². The van der Waals surface area contributed by atoms with Crippen molar-refractivity contribution in [3.63, 3.8) is 0 Å². The number of fused-ring (bicyclic) bond motifs is 1. The van der Waals surface area contributed by atoms with Crippen molar-refractivity contribution in [1.29, 1.82) is 0 Å². The maximum Gasteiger partial charge on any atom is 0.341 e. The molecule has 21 heavy (non-hydrogen) atoms. The second-order valence-electron chi connectivity index (χ2n) is 4.78. The quantitative estimate of drug-likeness (QED) is 0.935. The minimum atomic E-state index is -1.12. The third-order valence-corrected chi connectivity index (χ3v) is 3.66. The summed E-state index contributed by atoms with van der Waals surface area (Å²) in [6.07, 6.45) is 2.56. The molecule has 0 spiro atoms. The van der Waals surface area contributed by atoms with E-state index in [1.54, 1.807) is 6.07 Å². The third kappa shape index (κ3) is 2.69. The van der Waals surface area contributed by atoms with Crippen LogP contribution in [-0.2, 0) is 12.8 Å². The Bertz CT molecular complexity index is 733. The van der Waals surface area contributed by atoms with Gasteiger partial charge in [0.25, 0.3) is 0 Å². The average Bonchev–Trinajstić information content (AvgIpc) is 2.89. The lowest BCUT2D eigenvalue weighted by molar-refractivity contribution is 0.0693. The molecule has 1 aromatic heterocycles. The van der Waals surface area contributed by atoms with Crippen molar-refractivity contribution in [2.75, 3.05) is 0 Å². The first-order valence-corrected chi connectivity index (χ1v) is 6.81. The normalized spacial score (nSPS) is 13.0. The maximum atomic E-state index is 13.4. The summed E-state index contributed by atoms with van der Waals surface area (Å²) in [6.45, 7) is 0. The molecule has 1 aromatic carbocycles. The highest BCUT2D eigenvalue weighted by atomic mass is 35.5. The zero-order valence-electron chi connectivity index (χ0n) is 10.9. The molecule has 0 unspecified atom stereocenters. The Hall–Kier alpha value is -2.14. The highest BCUT2D eigenvalue weighted by molar-refractivity contribution is 6.30. The molecule has 0 amide bonds. The number of ether oxygens (including phenoxy) is 1. The van der Waals surface area contributed by atoms with Crippen LogP contribution in [0.3, 0.4) is 0 Å². The van der Waals surface area contributed by atoms with E-state index in [2.05, 4.69) is 4.98 Å². The Balaban J connectivity index is 2.01. The van der Waals surface area contributed by atoms with Crippen LogP contribution in [0.4, 0.5) is 4.39 Å². The first kappa shape index (κ1) is 13.8. The summed E-state index contributed by atoms with van der Waals surface area (Å²) in [5.74, 6) is -1.62. The number of aromatic carboxylic acids is 1. The van der Waals surface area contributed by atoms with Gasteiger partial charge in [0.1, 0.15) is 17.1 Å². The van der Waals surface area contributed by atoms with Crippen LogP contribution in [0.1, 0.15) is 28.0 Å². The number of carbonyl (C=O) groups is 1. The van der Waals surface area contributed by atoms with Crippen molar-refractivity contribution in [3.05, 3.63) is 51.9 Å². The van der Waals surface area contributed by atoms with Gasteiger partial charge in [-0.15, -0.1) is 0 Å². The predicted octanol–water partition coefficient (Wildman–Crippen LogP) is 3.85. The van der Waals surface area contributed by atoms with E-state index in [1.807, 2.05) is 0 Å². The Kier molecular flexibility index (Phi) is 3.51. The fourth-order valence-electron chi connectivity index (χ4n) is 2.34. The van der Waals surface area contributed by atoms with Crippen molar-refractivity contribution >= 4 is 17.6 Å². The molecular weight excluding hydrogens is 297 g/mol. The van der Waals surface area contributed by atoms with Crippen LogP contribution in [0.2, 0.25) is 5.02 Å². The summed E-state index contributed by atoms with van der Waals surface area (Å²) in [7, 11) is 0. The first-order valence-electron chi connectivity index (χ1n) is 6.43. The maximum absolute atomic E-state index is 13.4. The number of aromatic nitrogens is 1. The molecule has 0 saturated carbocycles. The number of pyridine rings is 1. The van der Waals surface area contributed by atoms with Gasteiger partial charge in [0, 0.05) is 11.8 Å². The number of hydrogen-bond acceptors (Lipinski definition) is 3. The predicted molar refractivity (Wildman–Crippen MR) is 74.7 cm³/mol. The summed E-state index contributed by atoms with van der Waals surface area (Å²) in [5.41, 5.74) is 1.75. The molecule has 4 nitrogen and oxygen atoms in total. The minimum absolute atomic E-state index is 0.0222. The van der Waals surface area contributed by atoms with E-state index >= 15 is 0 Å². The zero-order valence-corrected chi connectivity index (χ0v) is 11.7. The topological polar surface area (TPSA) is 59.4 Å². The molecule has 3 rings (SSSR count). The molecule has 1 heterocycles. The van der Waals surface area contributed by atoms with Gasteiger partial charge in [-0.3, -0.25) is 0 Å². The van der Waals surface area contributed by atoms with Gasteiger partial charge in [-0.2, -0.15) is 0 Å². The summed E-state index contributed by atoms with van der Waals surface area (Å²) < 4.78 is 18.9. The molecule has 0 bridgehead atoms. The van der Waals surface area contributed by atoms with Gasteiger partial charge in [0.15, 0.2) is 0 Å². The van der Waals surface area contributed by atoms with E-state index in [-0.39, 0.29) is 22.2 Å².